The lowest BCUT2D eigenvalue weighted by Gasteiger charge is -2.10. The van der Waals surface area contributed by atoms with Gasteiger partial charge in [-0.05, 0) is 42.3 Å². The number of hydrazine groups is 1. The predicted octanol–water partition coefficient (Wildman–Crippen LogP) is 1.80. The molecule has 0 radical (unpaired) electrons. The van der Waals surface area contributed by atoms with Crippen LogP contribution in [0.1, 0.15) is 29.2 Å². The molecule has 1 atom stereocenters. The van der Waals surface area contributed by atoms with Gasteiger partial charge in [0.2, 0.25) is 0 Å². The molecule has 6 heteroatoms. The van der Waals surface area contributed by atoms with Crippen molar-refractivity contribution in [3.05, 3.63) is 65.2 Å². The number of rotatable bonds is 5. The Hall–Kier alpha value is -2.86. The molecular weight excluding hydrogens is 304 g/mol. The summed E-state index contributed by atoms with van der Waals surface area (Å²) in [6, 6.07) is 16.2. The molecule has 2 aromatic carbocycles. The molecule has 1 heterocycles. The molecular formula is C18H20N4O2. The van der Waals surface area contributed by atoms with E-state index in [4.69, 9.17) is 10.6 Å². The Balaban J connectivity index is 1.61. The summed E-state index contributed by atoms with van der Waals surface area (Å²) in [6.07, 6.45) is 0.832. The fourth-order valence-electron chi connectivity index (χ4n) is 2.55. The van der Waals surface area contributed by atoms with E-state index in [1.54, 1.807) is 0 Å². The number of amides is 1. The molecule has 0 aliphatic carbocycles. The molecule has 0 saturated carbocycles. The van der Waals surface area contributed by atoms with Crippen LogP contribution in [0.3, 0.4) is 0 Å². The van der Waals surface area contributed by atoms with Gasteiger partial charge in [-0.25, -0.2) is 5.84 Å². The number of hydrazone groups is 1. The lowest BCUT2D eigenvalue weighted by atomic mass is 9.98. The van der Waals surface area contributed by atoms with E-state index in [-0.39, 0.29) is 18.6 Å². The molecule has 124 valence electrons. The molecule has 0 saturated heterocycles. The summed E-state index contributed by atoms with van der Waals surface area (Å²) in [7, 11) is 0. The lowest BCUT2D eigenvalue weighted by molar-refractivity contribution is -0.123. The van der Waals surface area contributed by atoms with Crippen LogP contribution in [0.2, 0.25) is 0 Å². The van der Waals surface area contributed by atoms with Gasteiger partial charge in [0.1, 0.15) is 5.75 Å². The van der Waals surface area contributed by atoms with Crippen molar-refractivity contribution in [3.8, 4) is 5.75 Å². The number of nitrogens with two attached hydrogens (primary N) is 1. The van der Waals surface area contributed by atoms with Gasteiger partial charge in [0.05, 0.1) is 11.8 Å². The number of nitrogens with one attached hydrogen (secondary N) is 2. The molecule has 1 amide bonds. The average Bonchev–Trinajstić information content (AvgIpc) is 3.11. The molecule has 24 heavy (non-hydrogen) atoms. The minimum atomic E-state index is -0.371. The number of ether oxygens (including phenoxy) is 1. The number of hydrogen-bond donors (Lipinski definition) is 3. The van der Waals surface area contributed by atoms with E-state index >= 15 is 0 Å². The third-order valence-corrected chi connectivity index (χ3v) is 3.95. The number of carbonyl (C=O) groups is 1. The van der Waals surface area contributed by atoms with Crippen molar-refractivity contribution in [2.45, 2.75) is 19.4 Å². The maximum Gasteiger partial charge on any atom is 0.271 e. The molecule has 3 rings (SSSR count). The number of nitrogens with zero attached hydrogens (tertiary/aromatic N) is 1. The zero-order valence-corrected chi connectivity index (χ0v) is 13.5. The fraction of sp³-hybridized carbons (Fsp3) is 0.222. The molecule has 0 bridgehead atoms. The average molecular weight is 324 g/mol. The monoisotopic (exact) mass is 324 g/mol. The van der Waals surface area contributed by atoms with Gasteiger partial charge < -0.3 is 10.2 Å². The Morgan fingerprint density at radius 2 is 1.96 bits per heavy atom. The van der Waals surface area contributed by atoms with Crippen molar-refractivity contribution in [1.29, 1.82) is 0 Å². The molecule has 1 aliphatic heterocycles. The van der Waals surface area contributed by atoms with Crippen molar-refractivity contribution in [1.82, 2.24) is 10.9 Å². The van der Waals surface area contributed by atoms with Crippen LogP contribution in [-0.4, -0.2) is 18.2 Å². The van der Waals surface area contributed by atoms with E-state index in [1.807, 2.05) is 29.7 Å². The maximum absolute atomic E-state index is 11.1. The first-order chi connectivity index (χ1) is 11.7. The summed E-state index contributed by atoms with van der Waals surface area (Å²) >= 11 is 0. The van der Waals surface area contributed by atoms with Crippen LogP contribution in [0.25, 0.3) is 0 Å². The number of benzene rings is 2. The first-order valence-electron chi connectivity index (χ1n) is 7.77. The van der Waals surface area contributed by atoms with Crippen molar-refractivity contribution in [2.75, 3.05) is 6.61 Å². The van der Waals surface area contributed by atoms with E-state index in [1.165, 1.54) is 11.1 Å². The molecule has 1 unspecified atom stereocenters. The van der Waals surface area contributed by atoms with E-state index in [2.05, 4.69) is 41.7 Å². The van der Waals surface area contributed by atoms with Crippen LogP contribution in [0.4, 0.5) is 0 Å². The molecule has 2 aromatic rings. The second-order valence-electron chi connectivity index (χ2n) is 5.74. The molecule has 0 fully saturated rings. The Morgan fingerprint density at radius 3 is 2.62 bits per heavy atom. The topological polar surface area (TPSA) is 88.7 Å². The first-order valence-corrected chi connectivity index (χ1v) is 7.77. The summed E-state index contributed by atoms with van der Waals surface area (Å²) in [5.41, 5.74) is 9.73. The summed E-state index contributed by atoms with van der Waals surface area (Å²) in [4.78, 5) is 11.1. The Labute approximate surface area is 140 Å². The molecule has 0 spiro atoms. The highest BCUT2D eigenvalue weighted by atomic mass is 16.5. The van der Waals surface area contributed by atoms with Crippen LogP contribution in [0.5, 0.6) is 5.75 Å². The normalized spacial score (nSPS) is 16.2. The predicted molar refractivity (Wildman–Crippen MR) is 92.5 cm³/mol. The smallest absolute Gasteiger partial charge is 0.271 e. The number of aryl methyl sites for hydroxylation is 1. The van der Waals surface area contributed by atoms with Crippen LogP contribution < -0.4 is 21.4 Å². The van der Waals surface area contributed by atoms with E-state index < -0.39 is 0 Å². The highest BCUT2D eigenvalue weighted by Gasteiger charge is 2.21. The largest absolute Gasteiger partial charge is 0.484 e. The highest BCUT2D eigenvalue weighted by Crippen LogP contribution is 2.25. The quantitative estimate of drug-likeness (QED) is 0.444. The molecule has 6 nitrogen and oxygen atoms in total. The van der Waals surface area contributed by atoms with Crippen LogP contribution in [-0.2, 0) is 4.79 Å². The van der Waals surface area contributed by atoms with Crippen LogP contribution >= 0.6 is 0 Å². The Morgan fingerprint density at radius 1 is 1.25 bits per heavy atom. The fourth-order valence-corrected chi connectivity index (χ4v) is 2.55. The lowest BCUT2D eigenvalue weighted by Crippen LogP contribution is -2.34. The number of carbonyl (C=O) groups excluding carboxylic acids is 1. The maximum atomic E-state index is 11.1. The van der Waals surface area contributed by atoms with Gasteiger partial charge in [0, 0.05) is 6.42 Å². The van der Waals surface area contributed by atoms with E-state index in [9.17, 15) is 4.79 Å². The van der Waals surface area contributed by atoms with Gasteiger partial charge >= 0.3 is 0 Å². The van der Waals surface area contributed by atoms with E-state index in [0.717, 1.165) is 17.7 Å². The van der Waals surface area contributed by atoms with Gasteiger partial charge in [-0.3, -0.25) is 10.2 Å². The second kappa shape index (κ2) is 7.14. The molecule has 4 N–H and O–H groups in total. The summed E-state index contributed by atoms with van der Waals surface area (Å²) in [5, 5.41) is 4.45. The standard InChI is InChI=1S/C18H20N4O2/c1-12-2-4-13(5-3-12)16-10-17(22-21-16)14-6-8-15(9-7-14)24-11-18(23)20-19/h2-9,16,21H,10-11,19H2,1H3,(H,20,23). The van der Waals surface area contributed by atoms with Crippen LogP contribution in [0, 0.1) is 6.92 Å². The third kappa shape index (κ3) is 3.72. The first kappa shape index (κ1) is 16.0. The van der Waals surface area contributed by atoms with Gasteiger partial charge in [-0.2, -0.15) is 5.10 Å². The second-order valence-corrected chi connectivity index (χ2v) is 5.74. The number of hydrogen-bond acceptors (Lipinski definition) is 5. The SMILES string of the molecule is Cc1ccc(C2CC(c3ccc(OCC(=O)NN)cc3)=NN2)cc1. The van der Waals surface area contributed by atoms with Gasteiger partial charge in [-0.1, -0.05) is 29.8 Å². The third-order valence-electron chi connectivity index (χ3n) is 3.95. The minimum Gasteiger partial charge on any atom is -0.484 e. The Kier molecular flexibility index (Phi) is 4.77. The van der Waals surface area contributed by atoms with Gasteiger partial charge in [-0.15, -0.1) is 0 Å². The van der Waals surface area contributed by atoms with E-state index in [0.29, 0.717) is 5.75 Å². The minimum absolute atomic E-state index is 0.103. The summed E-state index contributed by atoms with van der Waals surface area (Å²) in [6.45, 7) is 1.97. The van der Waals surface area contributed by atoms with Crippen LogP contribution in [0.15, 0.2) is 53.6 Å². The van der Waals surface area contributed by atoms with Gasteiger partial charge in [0.25, 0.3) is 5.91 Å². The van der Waals surface area contributed by atoms with Crippen molar-refractivity contribution >= 4 is 11.6 Å². The Bertz CT molecular complexity index is 739. The van der Waals surface area contributed by atoms with Gasteiger partial charge in [0.15, 0.2) is 6.61 Å². The highest BCUT2D eigenvalue weighted by molar-refractivity contribution is 6.01. The zero-order chi connectivity index (χ0) is 16.9. The summed E-state index contributed by atoms with van der Waals surface area (Å²) in [5.74, 6) is 5.25. The zero-order valence-electron chi connectivity index (χ0n) is 13.5. The summed E-state index contributed by atoms with van der Waals surface area (Å²) < 4.78 is 5.33. The molecule has 0 aromatic heterocycles. The van der Waals surface area contributed by atoms with Crippen molar-refractivity contribution in [3.63, 3.8) is 0 Å². The van der Waals surface area contributed by atoms with Crippen molar-refractivity contribution in [2.24, 2.45) is 10.9 Å². The molecule has 1 aliphatic rings. The van der Waals surface area contributed by atoms with Crippen molar-refractivity contribution < 1.29 is 9.53 Å².